The average molecular weight is 1420 g/mol. The van der Waals surface area contributed by atoms with E-state index >= 15 is 0 Å². The van der Waals surface area contributed by atoms with E-state index < -0.39 is 97.5 Å². The van der Waals surface area contributed by atoms with Crippen molar-refractivity contribution < 1.29 is 80.2 Å². The number of esters is 4. The van der Waals surface area contributed by atoms with Crippen molar-refractivity contribution in [3.63, 3.8) is 0 Å². The van der Waals surface area contributed by atoms with Crippen LogP contribution < -0.4 is 0 Å². The fourth-order valence-electron chi connectivity index (χ4n) is 12.0. The summed E-state index contributed by atoms with van der Waals surface area (Å²) in [6, 6.07) is 0. The fourth-order valence-corrected chi connectivity index (χ4v) is 13.6. The Morgan fingerprint density at radius 1 is 0.289 bits per heavy atom. The molecule has 17 nitrogen and oxygen atoms in total. The van der Waals surface area contributed by atoms with Crippen LogP contribution in [0.15, 0.2) is 0 Å². The predicted molar refractivity (Wildman–Crippen MR) is 395 cm³/mol. The van der Waals surface area contributed by atoms with E-state index in [0.29, 0.717) is 25.7 Å². The lowest BCUT2D eigenvalue weighted by atomic mass is 9.99. The molecular weight excluding hydrogens is 1270 g/mol. The number of hydrogen-bond donors (Lipinski definition) is 3. The van der Waals surface area contributed by atoms with Gasteiger partial charge in [-0.25, -0.2) is 9.13 Å². The van der Waals surface area contributed by atoms with Gasteiger partial charge in [0.25, 0.3) is 0 Å². The summed E-state index contributed by atoms with van der Waals surface area (Å²) in [5, 5.41) is 10.6. The lowest BCUT2D eigenvalue weighted by Gasteiger charge is -2.21. The van der Waals surface area contributed by atoms with Gasteiger partial charge in [-0.2, -0.15) is 0 Å². The van der Waals surface area contributed by atoms with Gasteiger partial charge in [0.2, 0.25) is 0 Å². The topological polar surface area (TPSA) is 237 Å². The van der Waals surface area contributed by atoms with Gasteiger partial charge in [0.15, 0.2) is 12.2 Å². The van der Waals surface area contributed by atoms with Crippen LogP contribution in [0.3, 0.4) is 0 Å². The van der Waals surface area contributed by atoms with E-state index in [1.54, 1.807) is 0 Å². The number of carbonyl (C=O) groups excluding carboxylic acids is 4. The molecule has 0 aromatic heterocycles. The van der Waals surface area contributed by atoms with Crippen LogP contribution in [0.5, 0.6) is 0 Å². The standard InChI is InChI=1S/C78H152O17P2/c1-6-10-13-16-18-20-22-24-25-26-27-28-29-30-31-37-41-45-49-54-59-64-78(83)95-74(68-89-76(81)62-57-52-47-43-39-36-33-32-35-38-42-46-51-55-60-71(5)9-4)70-93-97(86,87)91-66-72(79)65-90-96(84,85)92-69-73(67-88-75(80)61-56-50-15-12-8-3)94-77(82)63-58-53-48-44-40-34-23-21-19-17-14-11-7-2/h71-74,79H,6-70H2,1-5H3,(H,84,85)(H,86,87)/t71?,72-,73+,74+/m0/s1. The lowest BCUT2D eigenvalue weighted by Crippen LogP contribution is -2.30. The summed E-state index contributed by atoms with van der Waals surface area (Å²) in [4.78, 5) is 72.6. The minimum Gasteiger partial charge on any atom is -0.462 e. The van der Waals surface area contributed by atoms with Gasteiger partial charge < -0.3 is 33.8 Å². The molecule has 0 aromatic rings. The van der Waals surface area contributed by atoms with Crippen LogP contribution in [-0.2, 0) is 65.4 Å². The van der Waals surface area contributed by atoms with Crippen molar-refractivity contribution in [1.29, 1.82) is 0 Å². The number of rotatable bonds is 78. The van der Waals surface area contributed by atoms with Crippen molar-refractivity contribution in [2.24, 2.45) is 5.92 Å². The minimum absolute atomic E-state index is 0.107. The number of ether oxygens (including phenoxy) is 4. The molecule has 0 bridgehead atoms. The molecule has 0 saturated heterocycles. The van der Waals surface area contributed by atoms with E-state index in [-0.39, 0.29) is 25.7 Å². The molecule has 0 aromatic carbocycles. The van der Waals surface area contributed by atoms with Crippen molar-refractivity contribution in [2.45, 2.75) is 432 Å². The van der Waals surface area contributed by atoms with E-state index in [2.05, 4.69) is 34.6 Å². The molecule has 0 fully saturated rings. The Kier molecular flexibility index (Phi) is 69.6. The van der Waals surface area contributed by atoms with Crippen LogP contribution in [0.25, 0.3) is 0 Å². The first-order valence-corrected chi connectivity index (χ1v) is 43.7. The summed E-state index contributed by atoms with van der Waals surface area (Å²) >= 11 is 0. The van der Waals surface area contributed by atoms with E-state index in [9.17, 15) is 43.2 Å². The molecule has 0 spiro atoms. The zero-order valence-electron chi connectivity index (χ0n) is 63.2. The molecule has 19 heteroatoms. The minimum atomic E-state index is -4.96. The molecule has 0 rings (SSSR count). The number of aliphatic hydroxyl groups excluding tert-OH is 1. The van der Waals surface area contributed by atoms with E-state index in [1.165, 1.54) is 231 Å². The van der Waals surface area contributed by atoms with Crippen LogP contribution >= 0.6 is 15.6 Å². The monoisotopic (exact) mass is 1420 g/mol. The maximum atomic E-state index is 13.1. The van der Waals surface area contributed by atoms with Gasteiger partial charge in [-0.1, -0.05) is 362 Å². The molecule has 0 aliphatic heterocycles. The highest BCUT2D eigenvalue weighted by molar-refractivity contribution is 7.47. The maximum absolute atomic E-state index is 13.1. The second-order valence-electron chi connectivity index (χ2n) is 28.3. The first-order chi connectivity index (χ1) is 47.1. The molecule has 576 valence electrons. The zero-order chi connectivity index (χ0) is 71.2. The molecule has 97 heavy (non-hydrogen) atoms. The quantitative estimate of drug-likeness (QED) is 0.0222. The molecule has 0 saturated carbocycles. The highest BCUT2D eigenvalue weighted by Crippen LogP contribution is 2.45. The van der Waals surface area contributed by atoms with Gasteiger partial charge in [-0.3, -0.25) is 37.3 Å². The van der Waals surface area contributed by atoms with Gasteiger partial charge in [0.1, 0.15) is 19.3 Å². The summed E-state index contributed by atoms with van der Waals surface area (Å²) in [5.74, 6) is -1.27. The smallest absolute Gasteiger partial charge is 0.462 e. The normalized spacial score (nSPS) is 14.2. The third kappa shape index (κ3) is 70.9. The van der Waals surface area contributed by atoms with Crippen molar-refractivity contribution >= 4 is 39.5 Å². The first kappa shape index (κ1) is 95.1. The highest BCUT2D eigenvalue weighted by atomic mass is 31.2. The molecule has 0 heterocycles. The molecule has 3 unspecified atom stereocenters. The van der Waals surface area contributed by atoms with Crippen LogP contribution in [0.4, 0.5) is 0 Å². The van der Waals surface area contributed by atoms with Crippen molar-refractivity contribution in [3.05, 3.63) is 0 Å². The molecule has 0 amide bonds. The molecule has 0 aliphatic rings. The molecular formula is C78H152O17P2. The summed E-state index contributed by atoms with van der Waals surface area (Å²) in [6.45, 7) is 7.27. The molecule has 0 aliphatic carbocycles. The van der Waals surface area contributed by atoms with Crippen molar-refractivity contribution in [1.82, 2.24) is 0 Å². The first-order valence-electron chi connectivity index (χ1n) is 40.7. The molecule has 0 radical (unpaired) electrons. The number of carbonyl (C=O) groups is 4. The van der Waals surface area contributed by atoms with Crippen LogP contribution in [-0.4, -0.2) is 96.7 Å². The SMILES string of the molecule is CCCCCCCCCCCCCCCCCCCCCCCC(=O)O[C@H](COC(=O)CCCCCCCCCCCCCCCCC(C)CC)COP(=O)(O)OC[C@@H](O)COP(=O)(O)OC[C@@H](COC(=O)CCCCCCC)OC(=O)CCCCCCCCCCCCCCC. The van der Waals surface area contributed by atoms with Crippen LogP contribution in [0, 0.1) is 5.92 Å². The maximum Gasteiger partial charge on any atom is 0.472 e. The third-order valence-corrected chi connectivity index (χ3v) is 20.5. The number of phosphoric acid groups is 2. The Hall–Kier alpha value is -1.94. The van der Waals surface area contributed by atoms with Crippen molar-refractivity contribution in [3.8, 4) is 0 Å². The van der Waals surface area contributed by atoms with Gasteiger partial charge >= 0.3 is 39.5 Å². The Morgan fingerprint density at radius 3 is 0.732 bits per heavy atom. The summed E-state index contributed by atoms with van der Waals surface area (Å²) < 4.78 is 68.4. The number of phosphoric ester groups is 2. The fraction of sp³-hybridized carbons (Fsp3) is 0.949. The van der Waals surface area contributed by atoms with Crippen molar-refractivity contribution in [2.75, 3.05) is 39.6 Å². The van der Waals surface area contributed by atoms with Crippen LogP contribution in [0.2, 0.25) is 0 Å². The van der Waals surface area contributed by atoms with Gasteiger partial charge in [-0.05, 0) is 31.6 Å². The summed E-state index contributed by atoms with van der Waals surface area (Å²) in [7, 11) is -9.90. The third-order valence-electron chi connectivity index (χ3n) is 18.6. The number of unbranched alkanes of at least 4 members (excludes halogenated alkanes) is 49. The summed E-state index contributed by atoms with van der Waals surface area (Å²) in [5.41, 5.74) is 0. The summed E-state index contributed by atoms with van der Waals surface area (Å²) in [6.07, 6.45) is 61.5. The second-order valence-corrected chi connectivity index (χ2v) is 31.3. The number of hydrogen-bond acceptors (Lipinski definition) is 15. The molecule has 3 N–H and O–H groups in total. The zero-order valence-corrected chi connectivity index (χ0v) is 65.0. The lowest BCUT2D eigenvalue weighted by molar-refractivity contribution is -0.161. The average Bonchev–Trinajstić information content (AvgIpc) is 1.21. The Balaban J connectivity index is 5.12. The van der Waals surface area contributed by atoms with Crippen LogP contribution in [0.1, 0.15) is 413 Å². The Labute approximate surface area is 594 Å². The van der Waals surface area contributed by atoms with E-state index in [4.69, 9.17) is 37.0 Å². The predicted octanol–water partition coefficient (Wildman–Crippen LogP) is 23.3. The second kappa shape index (κ2) is 71.1. The van der Waals surface area contributed by atoms with Gasteiger partial charge in [0.05, 0.1) is 26.4 Å². The van der Waals surface area contributed by atoms with E-state index in [0.717, 1.165) is 102 Å². The largest absolute Gasteiger partial charge is 0.472 e. The molecule has 6 atom stereocenters. The Bertz CT molecular complexity index is 1860. The Morgan fingerprint density at radius 2 is 0.495 bits per heavy atom. The van der Waals surface area contributed by atoms with Gasteiger partial charge in [-0.15, -0.1) is 0 Å². The number of aliphatic hydroxyl groups is 1. The van der Waals surface area contributed by atoms with E-state index in [1.807, 2.05) is 0 Å². The highest BCUT2D eigenvalue weighted by Gasteiger charge is 2.30. The van der Waals surface area contributed by atoms with Gasteiger partial charge in [0, 0.05) is 25.7 Å².